The normalized spacial score (nSPS) is 14.4. The summed E-state index contributed by atoms with van der Waals surface area (Å²) in [6.45, 7) is 2.11. The van der Waals surface area contributed by atoms with Crippen molar-refractivity contribution in [2.24, 2.45) is 0 Å². The number of aromatic nitrogens is 1. The maximum Gasteiger partial charge on any atom is 0.253 e. The van der Waals surface area contributed by atoms with Gasteiger partial charge in [-0.3, -0.25) is 9.59 Å². The Morgan fingerprint density at radius 3 is 2.76 bits per heavy atom. The number of nitrogens with zero attached hydrogens (tertiary/aromatic N) is 2. The first kappa shape index (κ1) is 16.8. The van der Waals surface area contributed by atoms with Crippen LogP contribution in [0.15, 0.2) is 36.5 Å². The van der Waals surface area contributed by atoms with Crippen LogP contribution in [0.2, 0.25) is 0 Å². The number of anilines is 2. The van der Waals surface area contributed by atoms with Crippen molar-refractivity contribution in [2.75, 3.05) is 30.9 Å². The second-order valence-electron chi connectivity index (χ2n) is 5.87. The van der Waals surface area contributed by atoms with E-state index in [9.17, 15) is 9.59 Å². The number of fused-ring (bicyclic) bond motifs is 1. The number of likely N-dealkylation sites (N-methyl/N-ethyl adjacent to an activating group) is 1. The third-order valence-electron chi connectivity index (χ3n) is 4.24. The maximum atomic E-state index is 12.5. The van der Waals surface area contributed by atoms with Crippen LogP contribution < -0.4 is 20.3 Å². The zero-order chi connectivity index (χ0) is 18.0. The molecule has 0 fully saturated rings. The summed E-state index contributed by atoms with van der Waals surface area (Å²) in [6.07, 6.45) is 1.51. The second kappa shape index (κ2) is 6.80. The number of benzene rings is 1. The fourth-order valence-corrected chi connectivity index (χ4v) is 2.64. The molecule has 0 saturated heterocycles. The first-order chi connectivity index (χ1) is 12.0. The molecule has 2 aromatic rings. The van der Waals surface area contributed by atoms with Gasteiger partial charge in [-0.25, -0.2) is 4.98 Å². The molecule has 7 heteroatoms. The van der Waals surface area contributed by atoms with E-state index in [2.05, 4.69) is 15.6 Å². The van der Waals surface area contributed by atoms with E-state index in [1.807, 2.05) is 31.2 Å². The van der Waals surface area contributed by atoms with Crippen LogP contribution in [0.4, 0.5) is 11.5 Å². The third kappa shape index (κ3) is 3.40. The number of rotatable bonds is 4. The van der Waals surface area contributed by atoms with Gasteiger partial charge in [0.1, 0.15) is 11.6 Å². The Balaban J connectivity index is 1.75. The van der Waals surface area contributed by atoms with Crippen LogP contribution in [0.3, 0.4) is 0 Å². The van der Waals surface area contributed by atoms with E-state index in [0.717, 1.165) is 11.3 Å². The van der Waals surface area contributed by atoms with Gasteiger partial charge in [0.2, 0.25) is 5.91 Å². The Hall–Kier alpha value is -3.09. The van der Waals surface area contributed by atoms with E-state index in [0.29, 0.717) is 17.1 Å². The average Bonchev–Trinajstić information content (AvgIpc) is 2.64. The van der Waals surface area contributed by atoms with E-state index in [1.165, 1.54) is 11.1 Å². The number of carbonyl (C=O) groups is 2. The summed E-state index contributed by atoms with van der Waals surface area (Å²) < 4.78 is 5.14. The molecule has 1 aliphatic heterocycles. The highest BCUT2D eigenvalue weighted by Crippen LogP contribution is 2.27. The van der Waals surface area contributed by atoms with Gasteiger partial charge in [0.15, 0.2) is 0 Å². The van der Waals surface area contributed by atoms with E-state index < -0.39 is 0 Å². The summed E-state index contributed by atoms with van der Waals surface area (Å²) >= 11 is 0. The van der Waals surface area contributed by atoms with Gasteiger partial charge in [0, 0.05) is 13.2 Å². The molecule has 2 N–H and O–H groups in total. The van der Waals surface area contributed by atoms with Gasteiger partial charge >= 0.3 is 0 Å². The van der Waals surface area contributed by atoms with Crippen LogP contribution in [-0.2, 0) is 4.79 Å². The average molecular weight is 340 g/mol. The fraction of sp³-hybridized carbons (Fsp3) is 0.278. The molecule has 0 aliphatic carbocycles. The van der Waals surface area contributed by atoms with E-state index in [4.69, 9.17) is 4.74 Å². The largest absolute Gasteiger partial charge is 0.497 e. The number of methoxy groups -OCH3 is 1. The predicted molar refractivity (Wildman–Crippen MR) is 95.0 cm³/mol. The number of ether oxygens (including phenoxy) is 1. The van der Waals surface area contributed by atoms with Crippen molar-refractivity contribution in [1.29, 1.82) is 0 Å². The highest BCUT2D eigenvalue weighted by Gasteiger charge is 2.23. The van der Waals surface area contributed by atoms with Crippen LogP contribution in [0, 0.1) is 0 Å². The highest BCUT2D eigenvalue weighted by atomic mass is 16.5. The van der Waals surface area contributed by atoms with Gasteiger partial charge < -0.3 is 20.3 Å². The molecule has 3 rings (SSSR count). The first-order valence-electron chi connectivity index (χ1n) is 7.95. The van der Waals surface area contributed by atoms with E-state index in [-0.39, 0.29) is 24.4 Å². The SMILES string of the molecule is COc1ccc([C@@H](C)NC(=O)c2cnc3c(c2)N(C)C(=O)CN3)cc1. The van der Waals surface area contributed by atoms with Gasteiger partial charge in [0.05, 0.1) is 30.9 Å². The minimum Gasteiger partial charge on any atom is -0.497 e. The van der Waals surface area contributed by atoms with Gasteiger partial charge in [-0.1, -0.05) is 12.1 Å². The summed E-state index contributed by atoms with van der Waals surface area (Å²) in [4.78, 5) is 30.1. The van der Waals surface area contributed by atoms with Gasteiger partial charge in [-0.05, 0) is 30.7 Å². The summed E-state index contributed by atoms with van der Waals surface area (Å²) in [5, 5.41) is 5.88. The lowest BCUT2D eigenvalue weighted by molar-refractivity contribution is -0.116. The van der Waals surface area contributed by atoms with Crippen molar-refractivity contribution in [3.63, 3.8) is 0 Å². The molecule has 0 saturated carbocycles. The molecule has 0 radical (unpaired) electrons. The van der Waals surface area contributed by atoms with Crippen molar-refractivity contribution < 1.29 is 14.3 Å². The zero-order valence-electron chi connectivity index (χ0n) is 14.4. The highest BCUT2D eigenvalue weighted by molar-refractivity contribution is 6.03. The summed E-state index contributed by atoms with van der Waals surface area (Å²) in [5.74, 6) is 1.05. The molecule has 2 heterocycles. The third-order valence-corrected chi connectivity index (χ3v) is 4.24. The number of amides is 2. The second-order valence-corrected chi connectivity index (χ2v) is 5.87. The lowest BCUT2D eigenvalue weighted by Crippen LogP contribution is -2.37. The summed E-state index contributed by atoms with van der Waals surface area (Å²) in [6, 6.07) is 9.01. The van der Waals surface area contributed by atoms with Crippen LogP contribution in [0.5, 0.6) is 5.75 Å². The predicted octanol–water partition coefficient (Wildman–Crippen LogP) is 1.97. The minimum atomic E-state index is -0.245. The Kier molecular flexibility index (Phi) is 4.56. The number of hydrogen-bond donors (Lipinski definition) is 2. The topological polar surface area (TPSA) is 83.6 Å². The molecule has 1 aromatic carbocycles. The molecular weight excluding hydrogens is 320 g/mol. The molecule has 1 aliphatic rings. The molecule has 0 spiro atoms. The Morgan fingerprint density at radius 1 is 1.36 bits per heavy atom. The molecule has 25 heavy (non-hydrogen) atoms. The van der Waals surface area contributed by atoms with Gasteiger partial charge in [-0.15, -0.1) is 0 Å². The van der Waals surface area contributed by atoms with Crippen LogP contribution >= 0.6 is 0 Å². The number of carbonyl (C=O) groups excluding carboxylic acids is 2. The van der Waals surface area contributed by atoms with E-state index in [1.54, 1.807) is 20.2 Å². The van der Waals surface area contributed by atoms with E-state index >= 15 is 0 Å². The summed E-state index contributed by atoms with van der Waals surface area (Å²) in [7, 11) is 3.28. The minimum absolute atomic E-state index is 0.0709. The first-order valence-corrected chi connectivity index (χ1v) is 7.95. The van der Waals surface area contributed by atoms with Crippen molar-refractivity contribution in [2.45, 2.75) is 13.0 Å². The maximum absolute atomic E-state index is 12.5. The summed E-state index contributed by atoms with van der Waals surface area (Å²) in [5.41, 5.74) is 1.97. The molecule has 0 unspecified atom stereocenters. The molecule has 130 valence electrons. The molecule has 1 aromatic heterocycles. The van der Waals surface area contributed by atoms with Gasteiger partial charge in [0.25, 0.3) is 5.91 Å². The molecule has 7 nitrogen and oxygen atoms in total. The lowest BCUT2D eigenvalue weighted by atomic mass is 10.1. The van der Waals surface area contributed by atoms with Gasteiger partial charge in [-0.2, -0.15) is 0 Å². The Labute approximate surface area is 146 Å². The number of pyridine rings is 1. The molecular formula is C18H20N4O3. The van der Waals surface area contributed by atoms with Crippen LogP contribution in [-0.4, -0.2) is 37.5 Å². The van der Waals surface area contributed by atoms with Crippen molar-refractivity contribution in [3.8, 4) is 5.75 Å². The number of nitrogens with one attached hydrogen (secondary N) is 2. The van der Waals surface area contributed by atoms with Crippen molar-refractivity contribution in [1.82, 2.24) is 10.3 Å². The molecule has 0 bridgehead atoms. The smallest absolute Gasteiger partial charge is 0.253 e. The molecule has 2 amide bonds. The lowest BCUT2D eigenvalue weighted by Gasteiger charge is -2.26. The van der Waals surface area contributed by atoms with Crippen molar-refractivity contribution >= 4 is 23.3 Å². The monoisotopic (exact) mass is 340 g/mol. The fourth-order valence-electron chi connectivity index (χ4n) is 2.64. The Bertz CT molecular complexity index is 804. The quantitative estimate of drug-likeness (QED) is 0.889. The Morgan fingerprint density at radius 2 is 2.08 bits per heavy atom. The molecule has 1 atom stereocenters. The van der Waals surface area contributed by atoms with Crippen molar-refractivity contribution in [3.05, 3.63) is 47.7 Å². The number of hydrogen-bond acceptors (Lipinski definition) is 5. The van der Waals surface area contributed by atoms with Crippen LogP contribution in [0.1, 0.15) is 28.9 Å². The zero-order valence-corrected chi connectivity index (χ0v) is 14.4. The standard InChI is InChI=1S/C18H20N4O3/c1-11(12-4-6-14(25-3)7-5-12)21-18(24)13-8-15-17(19-9-13)20-10-16(23)22(15)2/h4-9,11H,10H2,1-3H3,(H,19,20)(H,21,24)/t11-/m1/s1. The van der Waals surface area contributed by atoms with Crippen LogP contribution in [0.25, 0.3) is 0 Å².